The van der Waals surface area contributed by atoms with Gasteiger partial charge < -0.3 is 19.8 Å². The molecule has 0 heterocycles. The van der Waals surface area contributed by atoms with Crippen LogP contribution in [0.1, 0.15) is 117 Å². The van der Waals surface area contributed by atoms with Crippen molar-refractivity contribution in [2.24, 2.45) is 0 Å². The van der Waals surface area contributed by atoms with Crippen LogP contribution in [0.2, 0.25) is 0 Å². The van der Waals surface area contributed by atoms with Crippen molar-refractivity contribution in [3.63, 3.8) is 0 Å². The van der Waals surface area contributed by atoms with Gasteiger partial charge in [-0.15, -0.1) is 0 Å². The molecule has 20 heteroatoms. The van der Waals surface area contributed by atoms with Crippen LogP contribution in [-0.2, 0) is 49.1 Å². The van der Waals surface area contributed by atoms with Crippen molar-refractivity contribution < 1.29 is 124 Å². The Bertz CT molecular complexity index is 973. The van der Waals surface area contributed by atoms with E-state index in [9.17, 15) is 55.3 Å². The maximum absolute atomic E-state index is 11.9. The van der Waals surface area contributed by atoms with Gasteiger partial charge in [-0.05, 0) is 38.5 Å². The Morgan fingerprint density at radius 1 is 0.587 bits per heavy atom. The Morgan fingerprint density at radius 2 is 0.870 bits per heavy atom. The Labute approximate surface area is 315 Å². The zero-order chi connectivity index (χ0) is 34.0. The number of carboxylic acid groups (broad SMARTS) is 2. The van der Waals surface area contributed by atoms with Crippen LogP contribution in [0.5, 0.6) is 0 Å². The summed E-state index contributed by atoms with van der Waals surface area (Å²) in [6.07, 6.45) is 8.55. The second-order valence-electron chi connectivity index (χ2n) is 10.1. The fourth-order valence-electron chi connectivity index (χ4n) is 3.78. The molecular weight excluding hydrogens is 680 g/mol. The Kier molecular flexibility index (Phi) is 36.2. The molecule has 0 fully saturated rings. The first kappa shape index (κ1) is 52.4. The number of hydrogen-bond donors (Lipinski definition) is 2. The molecule has 0 rings (SSSR count). The van der Waals surface area contributed by atoms with Gasteiger partial charge in [-0.25, -0.2) is 35.9 Å². The Hall–Kier alpha value is -0.440. The molecule has 0 radical (unpaired) electrons. The summed E-state index contributed by atoms with van der Waals surface area (Å²) < 4.78 is 74.9. The van der Waals surface area contributed by atoms with Crippen molar-refractivity contribution in [3.05, 3.63) is 0 Å². The second kappa shape index (κ2) is 31.8. The number of carbonyl (C=O) groups is 4. The molecule has 0 aliphatic heterocycles. The fraction of sp³-hybridized carbons (Fsp3) is 0.846. The van der Waals surface area contributed by atoms with E-state index in [0.717, 1.165) is 64.2 Å². The number of hydrogen-bond acceptors (Lipinski definition) is 12. The number of carbonyl (C=O) groups excluding carboxylic acids is 4. The van der Waals surface area contributed by atoms with Crippen molar-refractivity contribution in [1.29, 1.82) is 0 Å². The van der Waals surface area contributed by atoms with Crippen molar-refractivity contribution in [1.82, 2.24) is 9.44 Å². The number of sulfonamides is 2. The van der Waals surface area contributed by atoms with E-state index in [1.807, 2.05) is 9.44 Å². The van der Waals surface area contributed by atoms with Gasteiger partial charge in [0.05, 0.1) is 11.5 Å². The van der Waals surface area contributed by atoms with E-state index in [4.69, 9.17) is 0 Å². The normalized spacial score (nSPS) is 12.3. The fourth-order valence-corrected chi connectivity index (χ4v) is 6.48. The summed E-state index contributed by atoms with van der Waals surface area (Å²) >= 11 is 0. The molecule has 0 aliphatic carbocycles. The third kappa shape index (κ3) is 32.1. The third-order valence-corrected chi connectivity index (χ3v) is 9.11. The summed E-state index contributed by atoms with van der Waals surface area (Å²) in [6, 6.07) is -3.12. The van der Waals surface area contributed by atoms with E-state index in [1.165, 1.54) is 0 Å². The SMILES string of the molecule is CCCCCCCCS(=O)(=O)N[C@@H](CCC(=O)[O-])C(=O)OF.CCCCCCCCS(=O)(=O)N[C@@H](CCC(=O)[O-])C(=O)OF.[Na+].[Na+]. The zero-order valence-electron chi connectivity index (χ0n) is 27.4. The number of nitrogens with one attached hydrogen (secondary N) is 2. The molecule has 2 N–H and O–H groups in total. The minimum atomic E-state index is -3.81. The van der Waals surface area contributed by atoms with E-state index in [2.05, 4.69) is 23.7 Å². The average Bonchev–Trinajstić information content (AvgIpc) is 2.96. The molecule has 14 nitrogen and oxygen atoms in total. The molecule has 0 saturated heterocycles. The number of carboxylic acids is 2. The average molecular weight is 727 g/mol. The van der Waals surface area contributed by atoms with Crippen LogP contribution in [0.3, 0.4) is 0 Å². The molecule has 0 aromatic rings. The van der Waals surface area contributed by atoms with Crippen molar-refractivity contribution in [3.8, 4) is 0 Å². The van der Waals surface area contributed by atoms with Gasteiger partial charge in [0.25, 0.3) is 0 Å². The minimum absolute atomic E-state index is 0. The van der Waals surface area contributed by atoms with Crippen molar-refractivity contribution in [2.45, 2.75) is 129 Å². The molecule has 0 aromatic carbocycles. The minimum Gasteiger partial charge on any atom is -0.550 e. The molecule has 0 aliphatic rings. The van der Waals surface area contributed by atoms with Crippen LogP contribution in [0.25, 0.3) is 0 Å². The second-order valence-corrected chi connectivity index (χ2v) is 13.9. The summed E-state index contributed by atoms with van der Waals surface area (Å²) in [5.74, 6) is -6.28. The number of halogens is 2. The first-order valence-corrected chi connectivity index (χ1v) is 18.0. The van der Waals surface area contributed by atoms with Crippen LogP contribution in [0, 0.1) is 0 Å². The monoisotopic (exact) mass is 726 g/mol. The van der Waals surface area contributed by atoms with E-state index >= 15 is 0 Å². The molecule has 46 heavy (non-hydrogen) atoms. The number of rotatable bonds is 26. The molecule has 0 saturated carbocycles. The van der Waals surface area contributed by atoms with E-state index in [-0.39, 0.29) is 70.6 Å². The number of unbranched alkanes of at least 4 members (excludes halogenated alkanes) is 10. The quantitative estimate of drug-likeness (QED) is 0.0633. The molecule has 0 unspecified atom stereocenters. The van der Waals surface area contributed by atoms with E-state index in [1.54, 1.807) is 0 Å². The molecule has 0 spiro atoms. The molecule has 0 amide bonds. The molecular formula is C26H46F2N2Na2O12S2. The van der Waals surface area contributed by atoms with Gasteiger partial charge in [0.2, 0.25) is 20.0 Å². The van der Waals surface area contributed by atoms with Crippen LogP contribution >= 0.6 is 0 Å². The first-order valence-electron chi connectivity index (χ1n) is 14.7. The third-order valence-electron chi connectivity index (χ3n) is 6.17. The van der Waals surface area contributed by atoms with Gasteiger partial charge in [-0.1, -0.05) is 78.1 Å². The van der Waals surface area contributed by atoms with Gasteiger partial charge >= 0.3 is 71.1 Å². The van der Waals surface area contributed by atoms with Gasteiger partial charge in [0, 0.05) is 21.0 Å². The summed E-state index contributed by atoms with van der Waals surface area (Å²) in [7, 11) is -7.61. The predicted octanol–water partition coefficient (Wildman–Crippen LogP) is -4.81. The zero-order valence-corrected chi connectivity index (χ0v) is 33.0. The van der Waals surface area contributed by atoms with Crippen LogP contribution in [0.4, 0.5) is 9.05 Å². The maximum Gasteiger partial charge on any atom is 1.00 e. The van der Waals surface area contributed by atoms with E-state index < -0.39 is 81.7 Å². The molecule has 260 valence electrons. The van der Waals surface area contributed by atoms with Crippen molar-refractivity contribution >= 4 is 43.9 Å². The standard InChI is InChI=1S/2C13H24FNO6S.2Na/c2*1-2-3-4-5-6-7-10-22(19,20)15-11(13(18)21-14)8-9-12(16)17;;/h2*11,15H,2-10H2,1H3,(H,16,17);;/q;;2*+1/p-2/t2*11-;;/m00../s1. The number of aliphatic carboxylic acids is 2. The maximum atomic E-state index is 11.9. The Morgan fingerprint density at radius 3 is 1.13 bits per heavy atom. The van der Waals surface area contributed by atoms with Gasteiger partial charge in [-0.2, -0.15) is 0 Å². The summed E-state index contributed by atoms with van der Waals surface area (Å²) in [5.41, 5.74) is 0. The summed E-state index contributed by atoms with van der Waals surface area (Å²) in [5, 5.41) is 20.7. The predicted molar refractivity (Wildman–Crippen MR) is 151 cm³/mol. The summed E-state index contributed by atoms with van der Waals surface area (Å²) in [4.78, 5) is 48.9. The van der Waals surface area contributed by atoms with Crippen LogP contribution in [0.15, 0.2) is 0 Å². The topological polar surface area (TPSA) is 225 Å². The van der Waals surface area contributed by atoms with Crippen LogP contribution < -0.4 is 78.8 Å². The smallest absolute Gasteiger partial charge is 0.550 e. The first-order chi connectivity index (χ1) is 20.6. The van der Waals surface area contributed by atoms with Crippen molar-refractivity contribution in [2.75, 3.05) is 11.5 Å². The van der Waals surface area contributed by atoms with Gasteiger partial charge in [-0.3, -0.25) is 9.88 Å². The van der Waals surface area contributed by atoms with Crippen LogP contribution in [-0.4, -0.2) is 64.3 Å². The largest absolute Gasteiger partial charge is 1.00 e. The molecule has 0 bridgehead atoms. The Balaban J connectivity index is -0.000000367. The van der Waals surface area contributed by atoms with Gasteiger partial charge in [0.15, 0.2) is 0 Å². The van der Waals surface area contributed by atoms with E-state index in [0.29, 0.717) is 12.8 Å². The summed E-state index contributed by atoms with van der Waals surface area (Å²) in [6.45, 7) is 4.15. The molecule has 0 aromatic heterocycles. The van der Waals surface area contributed by atoms with Gasteiger partial charge in [0.1, 0.15) is 12.1 Å². The molecule has 2 atom stereocenters.